The summed E-state index contributed by atoms with van der Waals surface area (Å²) in [6.45, 7) is 0.155. The third kappa shape index (κ3) is 4.39. The Kier molecular flexibility index (Phi) is 5.02. The molecule has 0 unspecified atom stereocenters. The molecule has 1 amide bonds. The van der Waals surface area contributed by atoms with Crippen LogP contribution in [0.3, 0.4) is 0 Å². The van der Waals surface area contributed by atoms with Crippen molar-refractivity contribution in [1.82, 2.24) is 5.32 Å². The minimum Gasteiger partial charge on any atom is -0.375 e. The van der Waals surface area contributed by atoms with Crippen LogP contribution in [-0.4, -0.2) is 18.5 Å². The molecule has 0 atom stereocenters. The van der Waals surface area contributed by atoms with E-state index in [0.29, 0.717) is 11.7 Å². The Bertz CT molecular complexity index is 447. The van der Waals surface area contributed by atoms with E-state index in [4.69, 9.17) is 11.6 Å². The first-order valence-electron chi connectivity index (χ1n) is 6.63. The van der Waals surface area contributed by atoms with Crippen LogP contribution in [0.5, 0.6) is 0 Å². The van der Waals surface area contributed by atoms with Crippen LogP contribution in [0.15, 0.2) is 18.2 Å². The zero-order valence-corrected chi connectivity index (χ0v) is 11.5. The van der Waals surface area contributed by atoms with E-state index < -0.39 is 0 Å². The molecule has 2 N–H and O–H groups in total. The summed E-state index contributed by atoms with van der Waals surface area (Å²) in [4.78, 5) is 11.8. The van der Waals surface area contributed by atoms with E-state index >= 15 is 0 Å². The summed E-state index contributed by atoms with van der Waals surface area (Å²) < 4.78 is 12.9. The molecule has 5 heteroatoms. The van der Waals surface area contributed by atoms with Crippen LogP contribution in [0, 0.1) is 5.82 Å². The summed E-state index contributed by atoms with van der Waals surface area (Å²) in [6, 6.07) is 4.37. The summed E-state index contributed by atoms with van der Waals surface area (Å²) in [5, 5.41) is 6.20. The Labute approximate surface area is 117 Å². The zero-order chi connectivity index (χ0) is 13.7. The molecule has 1 aliphatic carbocycles. The van der Waals surface area contributed by atoms with Crippen LogP contribution >= 0.6 is 11.6 Å². The lowest BCUT2D eigenvalue weighted by Crippen LogP contribution is -2.39. The Morgan fingerprint density at radius 2 is 2.05 bits per heavy atom. The number of nitrogens with one attached hydrogen (secondary N) is 2. The number of halogens is 2. The fourth-order valence-corrected chi connectivity index (χ4v) is 2.57. The van der Waals surface area contributed by atoms with Gasteiger partial charge in [0, 0.05) is 6.04 Å². The van der Waals surface area contributed by atoms with E-state index in [-0.39, 0.29) is 23.3 Å². The monoisotopic (exact) mass is 284 g/mol. The molecule has 19 heavy (non-hydrogen) atoms. The highest BCUT2D eigenvalue weighted by Crippen LogP contribution is 2.22. The van der Waals surface area contributed by atoms with Crippen molar-refractivity contribution < 1.29 is 9.18 Å². The molecule has 0 radical (unpaired) electrons. The van der Waals surface area contributed by atoms with E-state index in [9.17, 15) is 9.18 Å². The van der Waals surface area contributed by atoms with Crippen molar-refractivity contribution in [2.45, 2.75) is 38.1 Å². The maximum absolute atomic E-state index is 12.9. The molecule has 1 aromatic rings. The third-order valence-electron chi connectivity index (χ3n) is 3.34. The largest absolute Gasteiger partial charge is 0.375 e. The van der Waals surface area contributed by atoms with Crippen molar-refractivity contribution in [1.29, 1.82) is 0 Å². The molecule has 0 heterocycles. The summed E-state index contributed by atoms with van der Waals surface area (Å²) >= 11 is 5.87. The van der Waals surface area contributed by atoms with Gasteiger partial charge in [-0.1, -0.05) is 30.9 Å². The van der Waals surface area contributed by atoms with Gasteiger partial charge in [0.05, 0.1) is 17.3 Å². The predicted molar refractivity (Wildman–Crippen MR) is 74.9 cm³/mol. The van der Waals surface area contributed by atoms with Crippen molar-refractivity contribution in [3.8, 4) is 0 Å². The van der Waals surface area contributed by atoms with Gasteiger partial charge in [0.2, 0.25) is 5.91 Å². The Morgan fingerprint density at radius 1 is 1.32 bits per heavy atom. The van der Waals surface area contributed by atoms with Gasteiger partial charge < -0.3 is 10.6 Å². The number of hydrogen-bond donors (Lipinski definition) is 2. The number of carbonyl (C=O) groups is 1. The molecule has 1 saturated carbocycles. The second-order valence-electron chi connectivity index (χ2n) is 4.88. The number of anilines is 1. The van der Waals surface area contributed by atoms with Gasteiger partial charge in [0.1, 0.15) is 5.82 Å². The maximum atomic E-state index is 12.9. The van der Waals surface area contributed by atoms with Gasteiger partial charge in [-0.3, -0.25) is 4.79 Å². The Balaban J connectivity index is 1.79. The molecule has 1 fully saturated rings. The summed E-state index contributed by atoms with van der Waals surface area (Å²) in [7, 11) is 0. The van der Waals surface area contributed by atoms with Gasteiger partial charge in [-0.25, -0.2) is 4.39 Å². The fourth-order valence-electron chi connectivity index (χ4n) is 2.33. The van der Waals surface area contributed by atoms with Crippen molar-refractivity contribution in [2.75, 3.05) is 11.9 Å². The van der Waals surface area contributed by atoms with Crippen LogP contribution in [0.25, 0.3) is 0 Å². The van der Waals surface area contributed by atoms with Crippen molar-refractivity contribution >= 4 is 23.2 Å². The minimum absolute atomic E-state index is 0.0488. The first-order valence-corrected chi connectivity index (χ1v) is 7.01. The highest BCUT2D eigenvalue weighted by atomic mass is 35.5. The second kappa shape index (κ2) is 6.75. The molecular formula is C14H18ClFN2O. The van der Waals surface area contributed by atoms with E-state index in [1.54, 1.807) is 0 Å². The number of benzene rings is 1. The quantitative estimate of drug-likeness (QED) is 0.890. The van der Waals surface area contributed by atoms with Gasteiger partial charge in [-0.05, 0) is 31.0 Å². The molecule has 0 spiro atoms. The van der Waals surface area contributed by atoms with E-state index in [1.165, 1.54) is 37.5 Å². The van der Waals surface area contributed by atoms with Gasteiger partial charge in [-0.15, -0.1) is 0 Å². The summed E-state index contributed by atoms with van der Waals surface area (Å²) in [5.74, 6) is -0.436. The molecule has 2 rings (SSSR count). The van der Waals surface area contributed by atoms with Gasteiger partial charge in [-0.2, -0.15) is 0 Å². The van der Waals surface area contributed by atoms with E-state index in [0.717, 1.165) is 12.8 Å². The average molecular weight is 285 g/mol. The lowest BCUT2D eigenvalue weighted by atomic mass is 9.95. The van der Waals surface area contributed by atoms with Gasteiger partial charge in [0.15, 0.2) is 0 Å². The number of amides is 1. The van der Waals surface area contributed by atoms with Crippen LogP contribution in [0.1, 0.15) is 32.1 Å². The van der Waals surface area contributed by atoms with Gasteiger partial charge in [0.25, 0.3) is 0 Å². The van der Waals surface area contributed by atoms with E-state index in [1.807, 2.05) is 0 Å². The molecule has 0 aliphatic heterocycles. The highest BCUT2D eigenvalue weighted by Gasteiger charge is 2.15. The van der Waals surface area contributed by atoms with Crippen LogP contribution < -0.4 is 10.6 Å². The van der Waals surface area contributed by atoms with Crippen molar-refractivity contribution in [3.05, 3.63) is 29.0 Å². The third-order valence-corrected chi connectivity index (χ3v) is 3.65. The molecule has 0 bridgehead atoms. The molecular weight excluding hydrogens is 267 g/mol. The minimum atomic E-state index is -0.387. The first kappa shape index (κ1) is 14.1. The molecule has 104 valence electrons. The molecule has 0 aromatic heterocycles. The Morgan fingerprint density at radius 3 is 2.74 bits per heavy atom. The lowest BCUT2D eigenvalue weighted by molar-refractivity contribution is -0.120. The van der Waals surface area contributed by atoms with Gasteiger partial charge >= 0.3 is 0 Å². The zero-order valence-electron chi connectivity index (χ0n) is 10.7. The predicted octanol–water partition coefficient (Wildman–Crippen LogP) is 3.34. The van der Waals surface area contributed by atoms with Crippen LogP contribution in [-0.2, 0) is 4.79 Å². The normalized spacial score (nSPS) is 16.1. The SMILES string of the molecule is O=C(CNc1ccc(F)cc1Cl)NC1CCCCC1. The highest BCUT2D eigenvalue weighted by molar-refractivity contribution is 6.33. The summed E-state index contributed by atoms with van der Waals surface area (Å²) in [6.07, 6.45) is 5.74. The maximum Gasteiger partial charge on any atom is 0.239 e. The lowest BCUT2D eigenvalue weighted by Gasteiger charge is -2.22. The number of carbonyl (C=O) groups excluding carboxylic acids is 1. The average Bonchev–Trinajstić information content (AvgIpc) is 2.39. The van der Waals surface area contributed by atoms with Crippen molar-refractivity contribution in [2.24, 2.45) is 0 Å². The van der Waals surface area contributed by atoms with Crippen LogP contribution in [0.4, 0.5) is 10.1 Å². The fraction of sp³-hybridized carbons (Fsp3) is 0.500. The van der Waals surface area contributed by atoms with E-state index in [2.05, 4.69) is 10.6 Å². The first-order chi connectivity index (χ1) is 9.15. The molecule has 1 aromatic carbocycles. The second-order valence-corrected chi connectivity index (χ2v) is 5.29. The number of hydrogen-bond acceptors (Lipinski definition) is 2. The standard InChI is InChI=1S/C14H18ClFN2O/c15-12-8-10(16)6-7-13(12)17-9-14(19)18-11-4-2-1-3-5-11/h6-8,11,17H,1-5,9H2,(H,18,19). The number of rotatable bonds is 4. The van der Waals surface area contributed by atoms with Crippen LogP contribution in [0.2, 0.25) is 5.02 Å². The Hall–Kier alpha value is -1.29. The molecule has 3 nitrogen and oxygen atoms in total. The smallest absolute Gasteiger partial charge is 0.239 e. The molecule has 1 aliphatic rings. The summed E-state index contributed by atoms with van der Waals surface area (Å²) in [5.41, 5.74) is 0.571. The topological polar surface area (TPSA) is 41.1 Å². The van der Waals surface area contributed by atoms with Crippen molar-refractivity contribution in [3.63, 3.8) is 0 Å². The molecule has 0 saturated heterocycles.